The van der Waals surface area contributed by atoms with E-state index in [0.29, 0.717) is 23.6 Å². The van der Waals surface area contributed by atoms with Crippen LogP contribution in [0.25, 0.3) is 0 Å². The lowest BCUT2D eigenvalue weighted by Gasteiger charge is -2.34. The molecule has 0 fully saturated rings. The highest BCUT2D eigenvalue weighted by atomic mass is 35.5. The van der Waals surface area contributed by atoms with Crippen LogP contribution in [-0.2, 0) is 4.57 Å². The number of nitrogens with zero attached hydrogens (tertiary/aromatic N) is 3. The van der Waals surface area contributed by atoms with Crippen LogP contribution in [0.1, 0.15) is 27.7 Å². The third kappa shape index (κ3) is 6.36. The molecular formula is C15H27ClN3OP. The van der Waals surface area contributed by atoms with Gasteiger partial charge in [0.2, 0.25) is 0 Å². The van der Waals surface area contributed by atoms with Crippen molar-refractivity contribution in [1.29, 1.82) is 0 Å². The summed E-state index contributed by atoms with van der Waals surface area (Å²) in [7, 11) is -2.07. The Balaban J connectivity index is 2.95. The molecule has 0 aliphatic rings. The van der Waals surface area contributed by atoms with E-state index in [4.69, 9.17) is 11.6 Å². The maximum atomic E-state index is 12.0. The summed E-state index contributed by atoms with van der Waals surface area (Å²) >= 11 is 6.23. The average molecular weight is 332 g/mol. The van der Waals surface area contributed by atoms with Crippen molar-refractivity contribution in [1.82, 2.24) is 9.97 Å². The molecule has 0 amide bonds. The Kier molecular flexibility index (Phi) is 6.24. The number of anilines is 1. The van der Waals surface area contributed by atoms with Crippen molar-refractivity contribution in [2.75, 3.05) is 37.5 Å². The molecular weight excluding hydrogens is 305 g/mol. The van der Waals surface area contributed by atoms with E-state index >= 15 is 0 Å². The van der Waals surface area contributed by atoms with E-state index in [1.165, 1.54) is 6.33 Å². The van der Waals surface area contributed by atoms with Gasteiger partial charge in [-0.05, 0) is 24.7 Å². The highest BCUT2D eigenvalue weighted by Crippen LogP contribution is 2.36. The molecule has 0 radical (unpaired) electrons. The van der Waals surface area contributed by atoms with Gasteiger partial charge in [0.1, 0.15) is 11.3 Å². The normalized spacial score (nSPS) is 14.0. The number of hydrogen-bond acceptors (Lipinski definition) is 4. The highest BCUT2D eigenvalue weighted by Gasteiger charge is 2.25. The Morgan fingerprint density at radius 1 is 1.38 bits per heavy atom. The quantitative estimate of drug-likeness (QED) is 0.731. The molecule has 0 aromatic carbocycles. The van der Waals surface area contributed by atoms with Gasteiger partial charge in [-0.15, -0.1) is 0 Å². The molecule has 1 rings (SSSR count). The Morgan fingerprint density at radius 2 is 2.00 bits per heavy atom. The molecule has 1 aromatic heterocycles. The summed E-state index contributed by atoms with van der Waals surface area (Å²) in [5.74, 6) is 1.19. The van der Waals surface area contributed by atoms with Gasteiger partial charge in [0, 0.05) is 19.3 Å². The third-order valence-corrected chi connectivity index (χ3v) is 5.37. The number of halogens is 1. The molecule has 0 aliphatic heterocycles. The molecule has 0 N–H and O–H groups in total. The monoisotopic (exact) mass is 331 g/mol. The summed E-state index contributed by atoms with van der Waals surface area (Å²) in [5.41, 5.74) is 0.194. The van der Waals surface area contributed by atoms with Crippen molar-refractivity contribution in [3.8, 4) is 0 Å². The van der Waals surface area contributed by atoms with E-state index in [0.717, 1.165) is 12.4 Å². The summed E-state index contributed by atoms with van der Waals surface area (Å²) in [6.07, 6.45) is 3.77. The summed E-state index contributed by atoms with van der Waals surface area (Å²) < 4.78 is 12.0. The van der Waals surface area contributed by atoms with Crippen molar-refractivity contribution in [3.63, 3.8) is 0 Å². The highest BCUT2D eigenvalue weighted by molar-refractivity contribution is 7.62. The lowest BCUT2D eigenvalue weighted by molar-refractivity contribution is 0.264. The summed E-state index contributed by atoms with van der Waals surface area (Å²) in [5, 5.41) is 0.542. The summed E-state index contributed by atoms with van der Waals surface area (Å²) in [6.45, 7) is 14.1. The Hall–Kier alpha value is -0.600. The summed E-state index contributed by atoms with van der Waals surface area (Å²) in [4.78, 5) is 10.4. The predicted molar refractivity (Wildman–Crippen MR) is 92.2 cm³/mol. The zero-order valence-electron chi connectivity index (χ0n) is 13.9. The van der Waals surface area contributed by atoms with Crippen molar-refractivity contribution in [2.45, 2.75) is 27.7 Å². The van der Waals surface area contributed by atoms with Crippen LogP contribution >= 0.6 is 18.7 Å². The maximum absolute atomic E-state index is 12.0. The van der Waals surface area contributed by atoms with Gasteiger partial charge < -0.3 is 9.46 Å². The predicted octanol–water partition coefficient (Wildman–Crippen LogP) is 4.24. The first-order valence-corrected chi connectivity index (χ1v) is 10.4. The second-order valence-electron chi connectivity index (χ2n) is 7.20. The number of hydrogen-bond donors (Lipinski definition) is 0. The minimum absolute atomic E-state index is 0.194. The molecule has 120 valence electrons. The largest absolute Gasteiger partial charge is 0.355 e. The minimum atomic E-state index is -2.07. The van der Waals surface area contributed by atoms with Gasteiger partial charge in [-0.25, -0.2) is 9.97 Å². The maximum Gasteiger partial charge on any atom is 0.150 e. The molecule has 21 heavy (non-hydrogen) atoms. The minimum Gasteiger partial charge on any atom is -0.355 e. The van der Waals surface area contributed by atoms with Gasteiger partial charge in [0.15, 0.2) is 5.82 Å². The molecule has 0 saturated carbocycles. The average Bonchev–Trinajstić information content (AvgIpc) is 2.32. The molecule has 1 aromatic rings. The topological polar surface area (TPSA) is 46.1 Å². The van der Waals surface area contributed by atoms with Crippen LogP contribution in [0, 0.1) is 11.3 Å². The van der Waals surface area contributed by atoms with E-state index in [2.05, 4.69) is 42.6 Å². The van der Waals surface area contributed by atoms with Crippen molar-refractivity contribution < 1.29 is 4.57 Å². The van der Waals surface area contributed by atoms with Crippen LogP contribution in [0.2, 0.25) is 5.02 Å². The Labute approximate surface area is 133 Å². The van der Waals surface area contributed by atoms with Crippen molar-refractivity contribution >= 4 is 24.6 Å². The van der Waals surface area contributed by atoms with Gasteiger partial charge in [0.25, 0.3) is 0 Å². The van der Waals surface area contributed by atoms with Crippen LogP contribution in [0.15, 0.2) is 12.5 Å². The van der Waals surface area contributed by atoms with Gasteiger partial charge in [-0.2, -0.15) is 0 Å². The lowest BCUT2D eigenvalue weighted by Crippen LogP contribution is -2.36. The van der Waals surface area contributed by atoms with Crippen LogP contribution in [0.5, 0.6) is 0 Å². The van der Waals surface area contributed by atoms with E-state index in [-0.39, 0.29) is 5.41 Å². The van der Waals surface area contributed by atoms with Gasteiger partial charge >= 0.3 is 0 Å². The first kappa shape index (κ1) is 18.4. The first-order valence-electron chi connectivity index (χ1n) is 7.25. The van der Waals surface area contributed by atoms with Gasteiger partial charge in [-0.1, -0.05) is 39.3 Å². The van der Waals surface area contributed by atoms with Crippen LogP contribution in [0.3, 0.4) is 0 Å². The van der Waals surface area contributed by atoms with E-state index in [1.807, 2.05) is 13.3 Å². The van der Waals surface area contributed by atoms with Crippen LogP contribution in [-0.4, -0.2) is 42.5 Å². The molecule has 0 aliphatic carbocycles. The number of rotatable bonds is 6. The molecule has 1 heterocycles. The molecule has 1 atom stereocenters. The number of aromatic nitrogens is 2. The van der Waals surface area contributed by atoms with Crippen LogP contribution in [0.4, 0.5) is 5.82 Å². The van der Waals surface area contributed by atoms with Crippen molar-refractivity contribution in [2.24, 2.45) is 11.3 Å². The Bertz CT molecular complexity index is 510. The fraction of sp³-hybridized carbons (Fsp3) is 0.733. The standard InChI is InChI=1S/C15H27ClN3OP/c1-12(15(2,3)4)10-19(7-8-21(5,6)20)14-13(16)9-17-11-18-14/h9,11-12H,7-8,10H2,1-6H3. The molecule has 0 spiro atoms. The van der Waals surface area contributed by atoms with E-state index in [9.17, 15) is 4.57 Å². The molecule has 1 unspecified atom stereocenters. The van der Waals surface area contributed by atoms with Crippen LogP contribution < -0.4 is 4.90 Å². The molecule has 0 bridgehead atoms. The summed E-state index contributed by atoms with van der Waals surface area (Å²) in [6, 6.07) is 0. The molecule has 6 heteroatoms. The molecule has 4 nitrogen and oxygen atoms in total. The fourth-order valence-corrected chi connectivity index (χ4v) is 2.74. The SMILES string of the molecule is CC(CN(CCP(C)(C)=O)c1ncncc1Cl)C(C)(C)C. The lowest BCUT2D eigenvalue weighted by atomic mass is 9.82. The second-order valence-corrected chi connectivity index (χ2v) is 11.2. The third-order valence-electron chi connectivity index (χ3n) is 3.83. The zero-order valence-corrected chi connectivity index (χ0v) is 15.6. The van der Waals surface area contributed by atoms with Crippen molar-refractivity contribution in [3.05, 3.63) is 17.5 Å². The zero-order chi connectivity index (χ0) is 16.3. The van der Waals surface area contributed by atoms with E-state index in [1.54, 1.807) is 6.20 Å². The Morgan fingerprint density at radius 3 is 2.48 bits per heavy atom. The van der Waals surface area contributed by atoms with E-state index < -0.39 is 7.14 Å². The fourth-order valence-electron chi connectivity index (χ4n) is 1.79. The second kappa shape index (κ2) is 7.11. The first-order chi connectivity index (χ1) is 9.50. The van der Waals surface area contributed by atoms with Gasteiger partial charge in [0.05, 0.1) is 13.3 Å². The molecule has 0 saturated heterocycles. The smallest absolute Gasteiger partial charge is 0.150 e. The van der Waals surface area contributed by atoms with Gasteiger partial charge in [-0.3, -0.25) is 0 Å².